The Bertz CT molecular complexity index is 459. The molecule has 1 heterocycles. The van der Waals surface area contributed by atoms with Crippen molar-refractivity contribution in [3.05, 3.63) is 21.9 Å². The number of aromatic amines is 1. The second-order valence-corrected chi connectivity index (χ2v) is 3.51. The number of nitrogens with one attached hydrogen (secondary N) is 1. The summed E-state index contributed by atoms with van der Waals surface area (Å²) < 4.78 is 5.15. The van der Waals surface area contributed by atoms with Crippen LogP contribution in [0.3, 0.4) is 0 Å². The van der Waals surface area contributed by atoms with Gasteiger partial charge in [-0.1, -0.05) is 12.8 Å². The fraction of sp³-hybridized carbons (Fsp3) is 0.455. The van der Waals surface area contributed by atoms with Gasteiger partial charge in [0.2, 0.25) is 5.75 Å². The number of aromatic hydroxyl groups is 1. The highest BCUT2D eigenvalue weighted by atomic mass is 16.5. The van der Waals surface area contributed by atoms with Gasteiger partial charge >= 0.3 is 0 Å². The quantitative estimate of drug-likeness (QED) is 0.576. The summed E-state index contributed by atoms with van der Waals surface area (Å²) in [6.45, 7) is 4.03. The summed E-state index contributed by atoms with van der Waals surface area (Å²) in [6, 6.07) is 0. The van der Waals surface area contributed by atoms with E-state index in [1.165, 1.54) is 0 Å². The van der Waals surface area contributed by atoms with Crippen LogP contribution in [0.4, 0.5) is 0 Å². The maximum atomic E-state index is 11.3. The van der Waals surface area contributed by atoms with Crippen LogP contribution in [-0.2, 0) is 4.74 Å². The molecule has 0 aliphatic heterocycles. The van der Waals surface area contributed by atoms with Crippen LogP contribution in [0, 0.1) is 19.3 Å². The predicted molar refractivity (Wildman–Crippen MR) is 59.3 cm³/mol. The molecule has 0 amide bonds. The van der Waals surface area contributed by atoms with Gasteiger partial charge in [0.1, 0.15) is 12.4 Å². The van der Waals surface area contributed by atoms with Crippen LogP contribution in [0.1, 0.15) is 24.4 Å². The molecule has 0 saturated carbocycles. The van der Waals surface area contributed by atoms with Gasteiger partial charge in [-0.15, -0.1) is 6.42 Å². The van der Waals surface area contributed by atoms with Crippen molar-refractivity contribution >= 4 is 0 Å². The summed E-state index contributed by atoms with van der Waals surface area (Å²) in [4.78, 5) is 17.8. The summed E-state index contributed by atoms with van der Waals surface area (Å²) in [5, 5.41) is 9.26. The van der Waals surface area contributed by atoms with Gasteiger partial charge in [0.25, 0.3) is 5.56 Å². The molecule has 0 bridgehead atoms. The number of aryl methyl sites for hydroxylation is 1. The van der Waals surface area contributed by atoms with E-state index in [4.69, 9.17) is 11.2 Å². The highest BCUT2D eigenvalue weighted by Gasteiger charge is 2.12. The van der Waals surface area contributed by atoms with Crippen molar-refractivity contribution in [1.82, 2.24) is 9.97 Å². The van der Waals surface area contributed by atoms with E-state index in [0.717, 1.165) is 0 Å². The Hall–Kier alpha value is -1.80. The van der Waals surface area contributed by atoms with Gasteiger partial charge in [-0.25, -0.2) is 4.98 Å². The summed E-state index contributed by atoms with van der Waals surface area (Å²) in [6.07, 6.45) is 5.04. The Balaban J connectivity index is 2.81. The molecular formula is C11H14N2O3. The monoisotopic (exact) mass is 222 g/mol. The van der Waals surface area contributed by atoms with Gasteiger partial charge in [0.05, 0.1) is 12.3 Å². The molecule has 86 valence electrons. The zero-order valence-electron chi connectivity index (χ0n) is 9.28. The number of ether oxygens (including phenoxy) is 1. The van der Waals surface area contributed by atoms with Gasteiger partial charge < -0.3 is 14.8 Å². The number of hydrogen-bond donors (Lipinski definition) is 2. The Labute approximate surface area is 93.5 Å². The molecule has 1 aromatic rings. The van der Waals surface area contributed by atoms with E-state index in [9.17, 15) is 9.90 Å². The minimum atomic E-state index is -0.536. The van der Waals surface area contributed by atoms with Gasteiger partial charge in [0.15, 0.2) is 0 Å². The van der Waals surface area contributed by atoms with Crippen molar-refractivity contribution in [3.8, 4) is 18.1 Å². The van der Waals surface area contributed by atoms with Crippen molar-refractivity contribution in [2.24, 2.45) is 0 Å². The Morgan fingerprint density at radius 1 is 1.69 bits per heavy atom. The lowest BCUT2D eigenvalue weighted by Gasteiger charge is -2.10. The molecule has 16 heavy (non-hydrogen) atoms. The van der Waals surface area contributed by atoms with Crippen LogP contribution in [0.15, 0.2) is 4.79 Å². The molecule has 5 heteroatoms. The fourth-order valence-corrected chi connectivity index (χ4v) is 1.21. The lowest BCUT2D eigenvalue weighted by molar-refractivity contribution is 0.152. The largest absolute Gasteiger partial charge is 0.502 e. The summed E-state index contributed by atoms with van der Waals surface area (Å²) in [5.74, 6) is 2.41. The fourth-order valence-electron chi connectivity index (χ4n) is 1.21. The molecule has 0 aliphatic rings. The van der Waals surface area contributed by atoms with E-state index in [2.05, 4.69) is 15.9 Å². The molecule has 1 unspecified atom stereocenters. The van der Waals surface area contributed by atoms with Crippen LogP contribution >= 0.6 is 0 Å². The maximum absolute atomic E-state index is 11.3. The lowest BCUT2D eigenvalue weighted by atomic mass is 10.2. The summed E-state index contributed by atoms with van der Waals surface area (Å²) in [5.41, 5.74) is -0.228. The van der Waals surface area contributed by atoms with Crippen molar-refractivity contribution in [1.29, 1.82) is 0 Å². The first-order valence-electron chi connectivity index (χ1n) is 4.87. The highest BCUT2D eigenvalue weighted by molar-refractivity contribution is 5.22. The zero-order chi connectivity index (χ0) is 12.1. The predicted octanol–water partition coefficient (Wildman–Crippen LogP) is 0.537. The molecule has 1 atom stereocenters. The minimum Gasteiger partial charge on any atom is -0.502 e. The third kappa shape index (κ3) is 2.84. The number of aromatic nitrogens is 2. The van der Waals surface area contributed by atoms with E-state index in [1.54, 1.807) is 6.92 Å². The zero-order valence-corrected chi connectivity index (χ0v) is 9.28. The second-order valence-electron chi connectivity index (χ2n) is 3.51. The average Bonchev–Trinajstić information content (AvgIpc) is 2.25. The second kappa shape index (κ2) is 5.33. The van der Waals surface area contributed by atoms with Gasteiger partial charge in [-0.05, 0) is 6.92 Å². The van der Waals surface area contributed by atoms with Crippen molar-refractivity contribution in [3.63, 3.8) is 0 Å². The molecular weight excluding hydrogens is 208 g/mol. The molecule has 0 spiro atoms. The molecule has 0 aromatic carbocycles. The topological polar surface area (TPSA) is 75.2 Å². The Kier molecular flexibility index (Phi) is 4.09. The van der Waals surface area contributed by atoms with Crippen molar-refractivity contribution in [2.75, 3.05) is 13.2 Å². The number of hydrogen-bond acceptors (Lipinski definition) is 4. The molecule has 0 aliphatic carbocycles. The van der Waals surface area contributed by atoms with E-state index in [1.807, 2.05) is 6.92 Å². The van der Waals surface area contributed by atoms with Gasteiger partial charge in [-0.2, -0.15) is 0 Å². The first-order valence-corrected chi connectivity index (χ1v) is 4.87. The van der Waals surface area contributed by atoms with Gasteiger partial charge in [0, 0.05) is 5.92 Å². The van der Waals surface area contributed by atoms with Gasteiger partial charge in [-0.3, -0.25) is 4.79 Å². The van der Waals surface area contributed by atoms with Crippen LogP contribution < -0.4 is 5.56 Å². The molecule has 0 radical (unpaired) electrons. The Morgan fingerprint density at radius 3 is 2.94 bits per heavy atom. The van der Waals surface area contributed by atoms with Crippen LogP contribution in [0.2, 0.25) is 0 Å². The van der Waals surface area contributed by atoms with E-state index < -0.39 is 5.56 Å². The minimum absolute atomic E-state index is 0.0830. The van der Waals surface area contributed by atoms with Crippen LogP contribution in [0.5, 0.6) is 5.75 Å². The third-order valence-corrected chi connectivity index (χ3v) is 2.11. The number of terminal acetylenes is 1. The summed E-state index contributed by atoms with van der Waals surface area (Å²) >= 11 is 0. The van der Waals surface area contributed by atoms with Crippen LogP contribution in [-0.4, -0.2) is 28.3 Å². The molecule has 2 N–H and O–H groups in total. The molecule has 0 fully saturated rings. The van der Waals surface area contributed by atoms with Crippen molar-refractivity contribution < 1.29 is 9.84 Å². The molecule has 1 rings (SSSR count). The summed E-state index contributed by atoms with van der Waals surface area (Å²) in [7, 11) is 0. The first-order chi connectivity index (χ1) is 7.56. The smallest absolute Gasteiger partial charge is 0.293 e. The third-order valence-electron chi connectivity index (χ3n) is 2.11. The molecule has 0 saturated heterocycles. The average molecular weight is 222 g/mol. The number of H-pyrrole nitrogens is 1. The molecule has 5 nitrogen and oxygen atoms in total. The number of nitrogens with zero attached hydrogens (tertiary/aromatic N) is 1. The maximum Gasteiger partial charge on any atom is 0.293 e. The normalized spacial score (nSPS) is 12.1. The Morgan fingerprint density at radius 2 is 2.38 bits per heavy atom. The molecule has 1 aromatic heterocycles. The van der Waals surface area contributed by atoms with Crippen molar-refractivity contribution in [2.45, 2.75) is 19.8 Å². The van der Waals surface area contributed by atoms with E-state index in [0.29, 0.717) is 18.1 Å². The first kappa shape index (κ1) is 12.3. The van der Waals surface area contributed by atoms with E-state index in [-0.39, 0.29) is 18.3 Å². The van der Waals surface area contributed by atoms with Crippen LogP contribution in [0.25, 0.3) is 0 Å². The SMILES string of the molecule is C#CCOCC(C)c1nc(C)c(O)c(=O)[nH]1. The highest BCUT2D eigenvalue weighted by Crippen LogP contribution is 2.12. The standard InChI is InChI=1S/C11H14N2O3/c1-4-5-16-6-7(2)10-12-8(3)9(14)11(15)13-10/h1,7,14H,5-6H2,2-3H3,(H,12,13,15). The number of rotatable bonds is 4. The lowest BCUT2D eigenvalue weighted by Crippen LogP contribution is -2.17. The van der Waals surface area contributed by atoms with E-state index >= 15 is 0 Å².